The maximum atomic E-state index is 12.6. The van der Waals surface area contributed by atoms with Gasteiger partial charge in [-0.25, -0.2) is 4.90 Å². The van der Waals surface area contributed by atoms with E-state index in [0.29, 0.717) is 11.4 Å². The summed E-state index contributed by atoms with van der Waals surface area (Å²) in [7, 11) is 1.55. The number of nitrogens with zero attached hydrogens (tertiary/aromatic N) is 1. The molecule has 118 valence electrons. The summed E-state index contributed by atoms with van der Waals surface area (Å²) in [5.74, 6) is 0.122. The van der Waals surface area contributed by atoms with Gasteiger partial charge in [-0.15, -0.1) is 0 Å². The Kier molecular flexibility index (Phi) is 4.34. The van der Waals surface area contributed by atoms with Crippen LogP contribution in [0.1, 0.15) is 6.42 Å². The van der Waals surface area contributed by atoms with Crippen LogP contribution in [-0.2, 0) is 9.59 Å². The molecule has 1 heterocycles. The fourth-order valence-corrected chi connectivity index (χ4v) is 2.78. The number of imide groups is 1. The van der Waals surface area contributed by atoms with Crippen LogP contribution < -0.4 is 15.0 Å². The molecule has 2 aromatic rings. The molecular formula is C17H15BrN2O3. The number of nitrogens with one attached hydrogen (secondary N) is 1. The molecule has 0 saturated carbocycles. The molecule has 1 atom stereocenters. The molecule has 23 heavy (non-hydrogen) atoms. The number of anilines is 2. The predicted octanol–water partition coefficient (Wildman–Crippen LogP) is 3.20. The Balaban J connectivity index is 1.80. The average Bonchev–Trinajstić information content (AvgIpc) is 2.83. The van der Waals surface area contributed by atoms with Crippen molar-refractivity contribution >= 4 is 39.1 Å². The largest absolute Gasteiger partial charge is 0.497 e. The summed E-state index contributed by atoms with van der Waals surface area (Å²) < 4.78 is 6.10. The predicted molar refractivity (Wildman–Crippen MR) is 91.7 cm³/mol. The van der Waals surface area contributed by atoms with Crippen molar-refractivity contribution in [2.24, 2.45) is 0 Å². The van der Waals surface area contributed by atoms with Gasteiger partial charge in [0.25, 0.3) is 5.91 Å². The van der Waals surface area contributed by atoms with Gasteiger partial charge in [-0.1, -0.05) is 22.0 Å². The minimum atomic E-state index is -0.560. The monoisotopic (exact) mass is 374 g/mol. The summed E-state index contributed by atoms with van der Waals surface area (Å²) >= 11 is 3.36. The van der Waals surface area contributed by atoms with Crippen LogP contribution in [-0.4, -0.2) is 25.0 Å². The third-order valence-corrected chi connectivity index (χ3v) is 4.17. The number of methoxy groups -OCH3 is 1. The Morgan fingerprint density at radius 1 is 1.17 bits per heavy atom. The number of amides is 2. The van der Waals surface area contributed by atoms with Crippen molar-refractivity contribution in [1.82, 2.24) is 0 Å². The minimum Gasteiger partial charge on any atom is -0.497 e. The van der Waals surface area contributed by atoms with Gasteiger partial charge in [0.05, 0.1) is 19.2 Å². The first-order valence-corrected chi connectivity index (χ1v) is 7.91. The van der Waals surface area contributed by atoms with E-state index in [9.17, 15) is 9.59 Å². The summed E-state index contributed by atoms with van der Waals surface area (Å²) in [5.41, 5.74) is 1.33. The summed E-state index contributed by atoms with van der Waals surface area (Å²) in [4.78, 5) is 26.0. The van der Waals surface area contributed by atoms with Gasteiger partial charge in [0.2, 0.25) is 5.91 Å². The van der Waals surface area contributed by atoms with E-state index in [1.807, 2.05) is 24.3 Å². The Morgan fingerprint density at radius 2 is 1.91 bits per heavy atom. The van der Waals surface area contributed by atoms with E-state index in [4.69, 9.17) is 4.74 Å². The van der Waals surface area contributed by atoms with Gasteiger partial charge in [0.15, 0.2) is 0 Å². The van der Waals surface area contributed by atoms with E-state index in [1.165, 1.54) is 4.90 Å². The van der Waals surface area contributed by atoms with Crippen molar-refractivity contribution in [3.05, 3.63) is 53.0 Å². The zero-order chi connectivity index (χ0) is 16.4. The molecule has 5 nitrogen and oxygen atoms in total. The first-order chi connectivity index (χ1) is 11.1. The fourth-order valence-electron chi connectivity index (χ4n) is 2.51. The molecule has 1 fully saturated rings. The Bertz CT molecular complexity index is 746. The molecule has 6 heteroatoms. The number of carbonyl (C=O) groups excluding carboxylic acids is 2. The van der Waals surface area contributed by atoms with Gasteiger partial charge >= 0.3 is 0 Å². The number of ether oxygens (including phenoxy) is 1. The standard InChI is InChI=1S/C17H15BrN2O3/c1-23-14-4-2-3-13(9-14)20-16(21)10-15(17(20)22)19-12-7-5-11(18)6-8-12/h2-9,15,19H,10H2,1H3/t15-/m1/s1. The number of benzene rings is 2. The van der Waals surface area contributed by atoms with E-state index in [0.717, 1.165) is 10.2 Å². The van der Waals surface area contributed by atoms with Crippen molar-refractivity contribution < 1.29 is 14.3 Å². The molecule has 2 aromatic carbocycles. The van der Waals surface area contributed by atoms with Crippen LogP contribution in [0.4, 0.5) is 11.4 Å². The lowest BCUT2D eigenvalue weighted by Crippen LogP contribution is -2.34. The maximum Gasteiger partial charge on any atom is 0.256 e. The van der Waals surface area contributed by atoms with Crippen molar-refractivity contribution in [2.75, 3.05) is 17.3 Å². The molecule has 0 radical (unpaired) electrons. The highest BCUT2D eigenvalue weighted by Crippen LogP contribution is 2.28. The molecule has 0 aromatic heterocycles. The quantitative estimate of drug-likeness (QED) is 0.834. The molecule has 1 N–H and O–H groups in total. The summed E-state index contributed by atoms with van der Waals surface area (Å²) in [6, 6.07) is 13.8. The van der Waals surface area contributed by atoms with Crippen molar-refractivity contribution in [2.45, 2.75) is 12.5 Å². The van der Waals surface area contributed by atoms with Crippen LogP contribution in [0, 0.1) is 0 Å². The SMILES string of the molecule is COc1cccc(N2C(=O)C[C@@H](Nc3ccc(Br)cc3)C2=O)c1. The molecule has 3 rings (SSSR count). The van der Waals surface area contributed by atoms with Crippen LogP contribution >= 0.6 is 15.9 Å². The van der Waals surface area contributed by atoms with Crippen LogP contribution in [0.3, 0.4) is 0 Å². The molecule has 1 aliphatic rings. The second-order valence-electron chi connectivity index (χ2n) is 5.18. The molecular weight excluding hydrogens is 360 g/mol. The van der Waals surface area contributed by atoms with Crippen molar-refractivity contribution in [3.63, 3.8) is 0 Å². The second kappa shape index (κ2) is 6.42. The van der Waals surface area contributed by atoms with Crippen LogP contribution in [0.25, 0.3) is 0 Å². The highest BCUT2D eigenvalue weighted by Gasteiger charge is 2.39. The van der Waals surface area contributed by atoms with Gasteiger partial charge in [0, 0.05) is 16.2 Å². The zero-order valence-corrected chi connectivity index (χ0v) is 14.0. The Labute approximate surface area is 142 Å². The lowest BCUT2D eigenvalue weighted by Gasteiger charge is -2.16. The Morgan fingerprint density at radius 3 is 2.61 bits per heavy atom. The van der Waals surface area contributed by atoms with Gasteiger partial charge in [-0.2, -0.15) is 0 Å². The van der Waals surface area contributed by atoms with Gasteiger partial charge < -0.3 is 10.1 Å². The van der Waals surface area contributed by atoms with Crippen LogP contribution in [0.15, 0.2) is 53.0 Å². The lowest BCUT2D eigenvalue weighted by molar-refractivity contribution is -0.121. The molecule has 0 bridgehead atoms. The summed E-state index contributed by atoms with van der Waals surface area (Å²) in [6.07, 6.45) is 0.131. The second-order valence-corrected chi connectivity index (χ2v) is 6.09. The van der Waals surface area contributed by atoms with E-state index >= 15 is 0 Å². The molecule has 0 spiro atoms. The van der Waals surface area contributed by atoms with Crippen molar-refractivity contribution in [1.29, 1.82) is 0 Å². The van der Waals surface area contributed by atoms with E-state index in [1.54, 1.807) is 31.4 Å². The molecule has 0 unspecified atom stereocenters. The van der Waals surface area contributed by atoms with Crippen LogP contribution in [0.5, 0.6) is 5.75 Å². The molecule has 0 aliphatic carbocycles. The van der Waals surface area contributed by atoms with Gasteiger partial charge in [-0.3, -0.25) is 9.59 Å². The molecule has 1 aliphatic heterocycles. The number of rotatable bonds is 4. The number of carbonyl (C=O) groups is 2. The topological polar surface area (TPSA) is 58.6 Å². The molecule has 2 amide bonds. The number of hydrogen-bond donors (Lipinski definition) is 1. The summed E-state index contributed by atoms with van der Waals surface area (Å²) in [6.45, 7) is 0. The molecule has 1 saturated heterocycles. The lowest BCUT2D eigenvalue weighted by atomic mass is 10.2. The number of halogens is 1. The van der Waals surface area contributed by atoms with Crippen molar-refractivity contribution in [3.8, 4) is 5.75 Å². The first-order valence-electron chi connectivity index (χ1n) is 7.11. The highest BCUT2D eigenvalue weighted by atomic mass is 79.9. The average molecular weight is 375 g/mol. The van der Waals surface area contributed by atoms with Gasteiger partial charge in [0.1, 0.15) is 11.8 Å². The van der Waals surface area contributed by atoms with Crippen LogP contribution in [0.2, 0.25) is 0 Å². The Hall–Kier alpha value is -2.34. The first kappa shape index (κ1) is 15.6. The zero-order valence-electron chi connectivity index (χ0n) is 12.5. The highest BCUT2D eigenvalue weighted by molar-refractivity contribution is 9.10. The maximum absolute atomic E-state index is 12.6. The third-order valence-electron chi connectivity index (χ3n) is 3.64. The third kappa shape index (κ3) is 3.22. The van der Waals surface area contributed by atoms with E-state index in [-0.39, 0.29) is 18.2 Å². The number of hydrogen-bond acceptors (Lipinski definition) is 4. The van der Waals surface area contributed by atoms with E-state index < -0.39 is 6.04 Å². The normalized spacial score (nSPS) is 17.5. The van der Waals surface area contributed by atoms with Gasteiger partial charge in [-0.05, 0) is 36.4 Å². The smallest absolute Gasteiger partial charge is 0.256 e. The fraction of sp³-hybridized carbons (Fsp3) is 0.176. The minimum absolute atomic E-state index is 0.131. The summed E-state index contributed by atoms with van der Waals surface area (Å²) in [5, 5.41) is 3.11. The van der Waals surface area contributed by atoms with E-state index in [2.05, 4.69) is 21.2 Å².